The lowest BCUT2D eigenvalue weighted by Gasteiger charge is -2.33. The maximum Gasteiger partial charge on any atom is 0.191 e. The summed E-state index contributed by atoms with van der Waals surface area (Å²) in [4.78, 5) is 7.21. The molecule has 0 aromatic heterocycles. The molecule has 0 bridgehead atoms. The summed E-state index contributed by atoms with van der Waals surface area (Å²) in [6.45, 7) is 9.22. The average Bonchev–Trinajstić information content (AvgIpc) is 2.59. The highest BCUT2D eigenvalue weighted by atomic mass is 127. The van der Waals surface area contributed by atoms with Crippen molar-refractivity contribution in [3.63, 3.8) is 0 Å². The number of benzene rings is 1. The van der Waals surface area contributed by atoms with Crippen molar-refractivity contribution in [2.24, 2.45) is 4.99 Å². The van der Waals surface area contributed by atoms with Crippen LogP contribution >= 0.6 is 24.0 Å². The third-order valence-electron chi connectivity index (χ3n) is 4.56. The summed E-state index contributed by atoms with van der Waals surface area (Å²) in [7, 11) is 0. The number of nitrogens with one attached hydrogen (secondary N) is 2. The van der Waals surface area contributed by atoms with Crippen molar-refractivity contribution in [1.82, 2.24) is 15.5 Å². The van der Waals surface area contributed by atoms with Crippen molar-refractivity contribution >= 4 is 29.9 Å². The minimum absolute atomic E-state index is 0. The highest BCUT2D eigenvalue weighted by molar-refractivity contribution is 14.0. The first-order valence-corrected chi connectivity index (χ1v) is 9.23. The Labute approximate surface area is 169 Å². The van der Waals surface area contributed by atoms with Crippen LogP contribution in [0.1, 0.15) is 45.1 Å². The second-order valence-electron chi connectivity index (χ2n) is 6.52. The van der Waals surface area contributed by atoms with Gasteiger partial charge in [0.1, 0.15) is 5.75 Å². The van der Waals surface area contributed by atoms with Gasteiger partial charge in [-0.1, -0.05) is 18.6 Å². The second-order valence-corrected chi connectivity index (χ2v) is 6.52. The van der Waals surface area contributed by atoms with Crippen LogP contribution in [0.3, 0.4) is 0 Å². The lowest BCUT2D eigenvalue weighted by molar-refractivity contribution is 0.159. The summed E-state index contributed by atoms with van der Waals surface area (Å²) >= 11 is 0. The Morgan fingerprint density at radius 1 is 1.24 bits per heavy atom. The number of piperidine rings is 1. The Bertz CT molecular complexity index is 507. The van der Waals surface area contributed by atoms with E-state index in [2.05, 4.69) is 34.4 Å². The van der Waals surface area contributed by atoms with Crippen molar-refractivity contribution in [3.05, 3.63) is 29.8 Å². The van der Waals surface area contributed by atoms with E-state index in [1.807, 2.05) is 12.1 Å². The van der Waals surface area contributed by atoms with Gasteiger partial charge in [-0.25, -0.2) is 4.99 Å². The number of phenolic OH excluding ortho intramolecular Hbond substituents is 1. The molecule has 1 aromatic carbocycles. The molecule has 0 aliphatic carbocycles. The standard InChI is InChI=1S/C19H32N4O.HI/c1-3-20-19(22-15-17-8-10-18(24)11-9-17)21-12-6-14-23-13-5-4-7-16(23)2;/h8-11,16,24H,3-7,12-15H2,1-2H3,(H2,20,21,22);1H. The van der Waals surface area contributed by atoms with Gasteiger partial charge < -0.3 is 20.6 Å². The van der Waals surface area contributed by atoms with Gasteiger partial charge in [0, 0.05) is 25.7 Å². The molecule has 1 heterocycles. The molecule has 1 aliphatic heterocycles. The molecular formula is C19H33IN4O. The van der Waals surface area contributed by atoms with Gasteiger partial charge in [-0.15, -0.1) is 24.0 Å². The molecule has 0 spiro atoms. The van der Waals surface area contributed by atoms with Crippen LogP contribution in [-0.4, -0.2) is 48.2 Å². The number of aromatic hydroxyl groups is 1. The predicted molar refractivity (Wildman–Crippen MR) is 116 cm³/mol. The van der Waals surface area contributed by atoms with Crippen LogP contribution in [0.15, 0.2) is 29.3 Å². The molecule has 142 valence electrons. The first-order chi connectivity index (χ1) is 11.7. The first-order valence-electron chi connectivity index (χ1n) is 9.23. The zero-order valence-corrected chi connectivity index (χ0v) is 17.8. The van der Waals surface area contributed by atoms with E-state index in [4.69, 9.17) is 0 Å². The van der Waals surface area contributed by atoms with E-state index in [1.165, 1.54) is 25.8 Å². The fourth-order valence-electron chi connectivity index (χ4n) is 3.09. The van der Waals surface area contributed by atoms with Crippen LogP contribution in [0, 0.1) is 0 Å². The van der Waals surface area contributed by atoms with E-state index >= 15 is 0 Å². The van der Waals surface area contributed by atoms with Crippen molar-refractivity contribution in [2.75, 3.05) is 26.2 Å². The smallest absolute Gasteiger partial charge is 0.191 e. The minimum atomic E-state index is 0. The maximum atomic E-state index is 9.32. The third-order valence-corrected chi connectivity index (χ3v) is 4.56. The van der Waals surface area contributed by atoms with Crippen LogP contribution in [0.5, 0.6) is 5.75 Å². The first kappa shape index (κ1) is 22.0. The minimum Gasteiger partial charge on any atom is -0.508 e. The molecule has 1 unspecified atom stereocenters. The van der Waals surface area contributed by atoms with Crippen LogP contribution in [-0.2, 0) is 6.54 Å². The molecule has 0 radical (unpaired) electrons. The van der Waals surface area contributed by atoms with E-state index in [9.17, 15) is 5.11 Å². The molecule has 6 heteroatoms. The molecule has 2 rings (SSSR count). The SMILES string of the molecule is CCNC(=NCc1ccc(O)cc1)NCCCN1CCCCC1C.I. The van der Waals surface area contributed by atoms with E-state index in [0.29, 0.717) is 12.3 Å². The molecule has 1 saturated heterocycles. The Hall–Kier alpha value is -1.02. The lowest BCUT2D eigenvalue weighted by atomic mass is 10.0. The van der Waals surface area contributed by atoms with Gasteiger partial charge in [0.2, 0.25) is 0 Å². The molecule has 25 heavy (non-hydrogen) atoms. The van der Waals surface area contributed by atoms with Gasteiger partial charge >= 0.3 is 0 Å². The highest BCUT2D eigenvalue weighted by Gasteiger charge is 2.17. The van der Waals surface area contributed by atoms with Gasteiger partial charge in [0.15, 0.2) is 5.96 Å². The molecule has 1 atom stereocenters. The van der Waals surface area contributed by atoms with E-state index in [0.717, 1.165) is 43.6 Å². The average molecular weight is 460 g/mol. The fraction of sp³-hybridized carbons (Fsp3) is 0.632. The van der Waals surface area contributed by atoms with Gasteiger partial charge in [-0.2, -0.15) is 0 Å². The second kappa shape index (κ2) is 12.4. The van der Waals surface area contributed by atoms with Crippen molar-refractivity contribution in [3.8, 4) is 5.75 Å². The number of halogens is 1. The quantitative estimate of drug-likeness (QED) is 0.253. The molecule has 1 aliphatic rings. The fourth-order valence-corrected chi connectivity index (χ4v) is 3.09. The molecule has 3 N–H and O–H groups in total. The number of hydrogen-bond donors (Lipinski definition) is 3. The van der Waals surface area contributed by atoms with Gasteiger partial charge in [0.05, 0.1) is 6.54 Å². The summed E-state index contributed by atoms with van der Waals surface area (Å²) in [6.07, 6.45) is 5.19. The maximum absolute atomic E-state index is 9.32. The van der Waals surface area contributed by atoms with Crippen LogP contribution < -0.4 is 10.6 Å². The predicted octanol–water partition coefficient (Wildman–Crippen LogP) is 3.33. The van der Waals surface area contributed by atoms with Crippen LogP contribution in [0.25, 0.3) is 0 Å². The van der Waals surface area contributed by atoms with Gasteiger partial charge in [0.25, 0.3) is 0 Å². The van der Waals surface area contributed by atoms with Gasteiger partial charge in [-0.05, 0) is 57.4 Å². The Morgan fingerprint density at radius 3 is 2.68 bits per heavy atom. The normalized spacial score (nSPS) is 18.5. The Morgan fingerprint density at radius 2 is 2.00 bits per heavy atom. The van der Waals surface area contributed by atoms with Crippen LogP contribution in [0.4, 0.5) is 0 Å². The molecule has 1 fully saturated rings. The summed E-state index contributed by atoms with van der Waals surface area (Å²) in [5.74, 6) is 1.15. The molecular weight excluding hydrogens is 427 g/mol. The summed E-state index contributed by atoms with van der Waals surface area (Å²) in [5.41, 5.74) is 1.09. The summed E-state index contributed by atoms with van der Waals surface area (Å²) in [6, 6.07) is 7.94. The zero-order chi connectivity index (χ0) is 17.2. The van der Waals surface area contributed by atoms with E-state index < -0.39 is 0 Å². The number of likely N-dealkylation sites (tertiary alicyclic amines) is 1. The molecule has 0 amide bonds. The number of guanidine groups is 1. The topological polar surface area (TPSA) is 59.9 Å². The van der Waals surface area contributed by atoms with Crippen molar-refractivity contribution in [2.45, 2.75) is 52.1 Å². The molecule has 0 saturated carbocycles. The largest absolute Gasteiger partial charge is 0.508 e. The Balaban J connectivity index is 0.00000312. The van der Waals surface area contributed by atoms with E-state index in [-0.39, 0.29) is 24.0 Å². The molecule has 1 aromatic rings. The van der Waals surface area contributed by atoms with E-state index in [1.54, 1.807) is 12.1 Å². The Kier molecular flexibility index (Phi) is 10.9. The number of hydrogen-bond acceptors (Lipinski definition) is 3. The van der Waals surface area contributed by atoms with Crippen LogP contribution in [0.2, 0.25) is 0 Å². The van der Waals surface area contributed by atoms with Gasteiger partial charge in [-0.3, -0.25) is 0 Å². The monoisotopic (exact) mass is 460 g/mol. The third kappa shape index (κ3) is 8.27. The van der Waals surface area contributed by atoms with Crippen molar-refractivity contribution in [1.29, 1.82) is 0 Å². The zero-order valence-electron chi connectivity index (χ0n) is 15.5. The number of nitrogens with zero attached hydrogens (tertiary/aromatic N) is 2. The molecule has 5 nitrogen and oxygen atoms in total. The summed E-state index contributed by atoms with van der Waals surface area (Å²) in [5, 5.41) is 16.0. The number of phenols is 1. The van der Waals surface area contributed by atoms with Crippen molar-refractivity contribution < 1.29 is 5.11 Å². The number of rotatable bonds is 7. The number of aliphatic imine (C=N–C) groups is 1. The highest BCUT2D eigenvalue weighted by Crippen LogP contribution is 2.16. The summed E-state index contributed by atoms with van der Waals surface area (Å²) < 4.78 is 0. The lowest BCUT2D eigenvalue weighted by Crippen LogP contribution is -2.41.